The average Bonchev–Trinajstić information content (AvgIpc) is 2.74. The molecular formula is C12H15BrClNO3S. The van der Waals surface area contributed by atoms with Gasteiger partial charge < -0.3 is 4.74 Å². The highest BCUT2D eigenvalue weighted by atomic mass is 79.9. The highest BCUT2D eigenvalue weighted by molar-refractivity contribution is 9.10. The van der Waals surface area contributed by atoms with Crippen molar-refractivity contribution in [3.05, 3.63) is 27.7 Å². The lowest BCUT2D eigenvalue weighted by molar-refractivity contribution is 0.0250. The number of sulfonamides is 1. The van der Waals surface area contributed by atoms with Crippen molar-refractivity contribution in [3.8, 4) is 0 Å². The monoisotopic (exact) mass is 367 g/mol. The molecule has 1 atom stereocenters. The molecule has 0 aromatic heterocycles. The second-order valence-electron chi connectivity index (χ2n) is 4.80. The zero-order chi connectivity index (χ0) is 14.1. The molecule has 1 N–H and O–H groups in total. The zero-order valence-corrected chi connectivity index (χ0v) is 13.6. The van der Waals surface area contributed by atoms with Gasteiger partial charge in [-0.25, -0.2) is 13.1 Å². The van der Waals surface area contributed by atoms with E-state index in [2.05, 4.69) is 20.7 Å². The Labute approximate surface area is 126 Å². The molecule has 1 aromatic carbocycles. The number of hydrogen-bond acceptors (Lipinski definition) is 3. The van der Waals surface area contributed by atoms with Gasteiger partial charge in [0, 0.05) is 17.6 Å². The number of ether oxygens (including phenoxy) is 1. The van der Waals surface area contributed by atoms with Gasteiger partial charge in [0.15, 0.2) is 0 Å². The number of rotatable bonds is 4. The molecule has 0 saturated carbocycles. The molecule has 1 heterocycles. The van der Waals surface area contributed by atoms with Gasteiger partial charge >= 0.3 is 0 Å². The van der Waals surface area contributed by atoms with E-state index in [4.69, 9.17) is 16.3 Å². The first-order valence-electron chi connectivity index (χ1n) is 5.91. The van der Waals surface area contributed by atoms with Crippen molar-refractivity contribution in [1.82, 2.24) is 4.72 Å². The van der Waals surface area contributed by atoms with Gasteiger partial charge in [0.05, 0.1) is 10.6 Å². The predicted molar refractivity (Wildman–Crippen MR) is 77.9 cm³/mol. The third kappa shape index (κ3) is 3.70. The van der Waals surface area contributed by atoms with Crippen molar-refractivity contribution in [2.75, 3.05) is 13.2 Å². The summed E-state index contributed by atoms with van der Waals surface area (Å²) < 4.78 is 33.3. The van der Waals surface area contributed by atoms with E-state index in [1.54, 1.807) is 12.1 Å². The van der Waals surface area contributed by atoms with Crippen LogP contribution in [0.15, 0.2) is 27.6 Å². The van der Waals surface area contributed by atoms with Crippen LogP contribution in [0.3, 0.4) is 0 Å². The molecule has 1 aliphatic heterocycles. The van der Waals surface area contributed by atoms with Gasteiger partial charge in [-0.3, -0.25) is 0 Å². The van der Waals surface area contributed by atoms with Crippen LogP contribution in [0.25, 0.3) is 0 Å². The van der Waals surface area contributed by atoms with Crippen LogP contribution < -0.4 is 4.72 Å². The van der Waals surface area contributed by atoms with E-state index in [1.165, 1.54) is 6.07 Å². The summed E-state index contributed by atoms with van der Waals surface area (Å²) in [6, 6.07) is 4.69. The minimum absolute atomic E-state index is 0.0824. The van der Waals surface area contributed by atoms with Gasteiger partial charge in [-0.2, -0.15) is 0 Å². The maximum absolute atomic E-state index is 12.2. The van der Waals surface area contributed by atoms with Gasteiger partial charge in [0.2, 0.25) is 10.0 Å². The zero-order valence-electron chi connectivity index (χ0n) is 10.4. The van der Waals surface area contributed by atoms with E-state index in [0.717, 1.165) is 17.3 Å². The summed E-state index contributed by atoms with van der Waals surface area (Å²) in [5, 5.41) is 0.194. The van der Waals surface area contributed by atoms with Crippen LogP contribution in [-0.4, -0.2) is 27.2 Å². The normalized spacial score (nSPS) is 23.7. The van der Waals surface area contributed by atoms with Crippen LogP contribution in [0.4, 0.5) is 0 Å². The Morgan fingerprint density at radius 1 is 1.53 bits per heavy atom. The molecule has 1 aromatic rings. The summed E-state index contributed by atoms with van der Waals surface area (Å²) in [5.41, 5.74) is -0.422. The van der Waals surface area contributed by atoms with Crippen molar-refractivity contribution in [3.63, 3.8) is 0 Å². The van der Waals surface area contributed by atoms with Crippen molar-refractivity contribution >= 4 is 37.6 Å². The largest absolute Gasteiger partial charge is 0.374 e. The smallest absolute Gasteiger partial charge is 0.242 e. The second-order valence-corrected chi connectivity index (χ2v) is 7.86. The summed E-state index contributed by atoms with van der Waals surface area (Å²) in [5.74, 6) is 0. The molecule has 7 heteroatoms. The lowest BCUT2D eigenvalue weighted by atomic mass is 10.0. The highest BCUT2D eigenvalue weighted by Gasteiger charge is 2.31. The van der Waals surface area contributed by atoms with E-state index in [-0.39, 0.29) is 16.5 Å². The molecule has 0 radical (unpaired) electrons. The number of nitrogens with one attached hydrogen (secondary N) is 1. The molecule has 19 heavy (non-hydrogen) atoms. The summed E-state index contributed by atoms with van der Waals surface area (Å²) in [6.07, 6.45) is 1.81. The van der Waals surface area contributed by atoms with Crippen LogP contribution in [0, 0.1) is 0 Å². The van der Waals surface area contributed by atoms with Gasteiger partial charge in [-0.05, 0) is 38.0 Å². The van der Waals surface area contributed by atoms with Crippen molar-refractivity contribution in [2.24, 2.45) is 0 Å². The molecule has 0 bridgehead atoms. The van der Waals surface area contributed by atoms with E-state index in [1.807, 2.05) is 6.92 Å². The third-order valence-corrected chi connectivity index (χ3v) is 5.50. The standard InChI is InChI=1S/C12H15BrClNO3S/c1-12(5-2-6-18-12)8-15-19(16,17)11-4-3-9(13)7-10(11)14/h3-4,7,15H,2,5-6,8H2,1H3. The van der Waals surface area contributed by atoms with E-state index in [0.29, 0.717) is 6.61 Å². The summed E-state index contributed by atoms with van der Waals surface area (Å²) in [4.78, 5) is 0.0824. The van der Waals surface area contributed by atoms with E-state index >= 15 is 0 Å². The molecule has 2 rings (SSSR count). The van der Waals surface area contributed by atoms with Gasteiger partial charge in [0.25, 0.3) is 0 Å². The van der Waals surface area contributed by atoms with Crippen LogP contribution >= 0.6 is 27.5 Å². The molecule has 0 aliphatic carbocycles. The Bertz CT molecular complexity index is 570. The van der Waals surface area contributed by atoms with Crippen molar-refractivity contribution in [1.29, 1.82) is 0 Å². The fourth-order valence-electron chi connectivity index (χ4n) is 1.99. The Hall–Kier alpha value is -0.140. The minimum atomic E-state index is -3.62. The van der Waals surface area contributed by atoms with Crippen LogP contribution in [0.2, 0.25) is 5.02 Å². The minimum Gasteiger partial charge on any atom is -0.374 e. The van der Waals surface area contributed by atoms with Crippen LogP contribution in [-0.2, 0) is 14.8 Å². The third-order valence-electron chi connectivity index (χ3n) is 3.12. The van der Waals surface area contributed by atoms with E-state index in [9.17, 15) is 8.42 Å². The summed E-state index contributed by atoms with van der Waals surface area (Å²) in [6.45, 7) is 2.84. The molecule has 106 valence electrons. The first kappa shape index (κ1) is 15.3. The van der Waals surface area contributed by atoms with Crippen molar-refractivity contribution in [2.45, 2.75) is 30.3 Å². The average molecular weight is 369 g/mol. The molecule has 1 fully saturated rings. The predicted octanol–water partition coefficient (Wildman–Crippen LogP) is 2.95. The Morgan fingerprint density at radius 3 is 2.84 bits per heavy atom. The summed E-state index contributed by atoms with van der Waals surface area (Å²) >= 11 is 9.21. The van der Waals surface area contributed by atoms with Gasteiger partial charge in [-0.1, -0.05) is 27.5 Å². The first-order valence-corrected chi connectivity index (χ1v) is 8.57. The van der Waals surface area contributed by atoms with Gasteiger partial charge in [-0.15, -0.1) is 0 Å². The molecule has 1 saturated heterocycles. The number of benzene rings is 1. The lowest BCUT2D eigenvalue weighted by Gasteiger charge is -2.23. The molecule has 1 aliphatic rings. The Kier molecular flexibility index (Phi) is 4.57. The number of halogens is 2. The molecule has 4 nitrogen and oxygen atoms in total. The maximum atomic E-state index is 12.2. The van der Waals surface area contributed by atoms with Crippen molar-refractivity contribution < 1.29 is 13.2 Å². The molecule has 1 unspecified atom stereocenters. The fourth-order valence-corrected chi connectivity index (χ4v) is 4.19. The topological polar surface area (TPSA) is 55.4 Å². The Balaban J connectivity index is 2.14. The van der Waals surface area contributed by atoms with E-state index < -0.39 is 15.6 Å². The SMILES string of the molecule is CC1(CNS(=O)(=O)c2ccc(Br)cc2Cl)CCCO1. The van der Waals surface area contributed by atoms with Crippen LogP contribution in [0.1, 0.15) is 19.8 Å². The second kappa shape index (κ2) is 5.69. The fraction of sp³-hybridized carbons (Fsp3) is 0.500. The molecular weight excluding hydrogens is 354 g/mol. The quantitative estimate of drug-likeness (QED) is 0.889. The van der Waals surface area contributed by atoms with Crippen LogP contribution in [0.5, 0.6) is 0 Å². The highest BCUT2D eigenvalue weighted by Crippen LogP contribution is 2.27. The molecule has 0 spiro atoms. The lowest BCUT2D eigenvalue weighted by Crippen LogP contribution is -2.40. The summed E-state index contributed by atoms with van der Waals surface area (Å²) in [7, 11) is -3.62. The molecule has 0 amide bonds. The first-order chi connectivity index (χ1) is 8.82. The number of hydrogen-bond donors (Lipinski definition) is 1. The van der Waals surface area contributed by atoms with Gasteiger partial charge in [0.1, 0.15) is 4.90 Å². The Morgan fingerprint density at radius 2 is 2.26 bits per heavy atom. The maximum Gasteiger partial charge on any atom is 0.242 e.